The van der Waals surface area contributed by atoms with Gasteiger partial charge in [-0.25, -0.2) is 4.79 Å². The van der Waals surface area contributed by atoms with Crippen molar-refractivity contribution in [1.82, 2.24) is 4.90 Å². The highest BCUT2D eigenvalue weighted by molar-refractivity contribution is 9.11. The molecule has 0 fully saturated rings. The van der Waals surface area contributed by atoms with Gasteiger partial charge in [0, 0.05) is 6.54 Å². The first-order valence-electron chi connectivity index (χ1n) is 6.63. The fraction of sp³-hybridized carbons (Fsp3) is 0.400. The van der Waals surface area contributed by atoms with Crippen molar-refractivity contribution >= 4 is 48.8 Å². The summed E-state index contributed by atoms with van der Waals surface area (Å²) in [6.07, 6.45) is 0. The summed E-state index contributed by atoms with van der Waals surface area (Å²) in [4.78, 5) is 14.3. The van der Waals surface area contributed by atoms with Crippen molar-refractivity contribution < 1.29 is 18.7 Å². The van der Waals surface area contributed by atoms with Gasteiger partial charge in [0.25, 0.3) is 0 Å². The number of aryl methyl sites for hydroxylation is 1. The van der Waals surface area contributed by atoms with Crippen LogP contribution in [-0.4, -0.2) is 45.2 Å². The van der Waals surface area contributed by atoms with E-state index in [0.29, 0.717) is 45.7 Å². The molecule has 7 heteroatoms. The minimum absolute atomic E-state index is 0.323. The van der Waals surface area contributed by atoms with Crippen molar-refractivity contribution in [2.75, 3.05) is 34.4 Å². The van der Waals surface area contributed by atoms with E-state index in [1.54, 1.807) is 20.1 Å². The number of likely N-dealkylation sites (N-methyl/N-ethyl adjacent to an activating group) is 1. The predicted octanol–water partition coefficient (Wildman–Crippen LogP) is 3.99. The van der Waals surface area contributed by atoms with Gasteiger partial charge in [0.15, 0.2) is 0 Å². The van der Waals surface area contributed by atoms with Gasteiger partial charge >= 0.3 is 5.97 Å². The largest absolute Gasteiger partial charge is 0.494 e. The second-order valence-electron chi connectivity index (χ2n) is 5.05. The Morgan fingerprint density at radius 2 is 2.05 bits per heavy atom. The van der Waals surface area contributed by atoms with Crippen molar-refractivity contribution in [2.45, 2.75) is 6.92 Å². The highest BCUT2D eigenvalue weighted by Crippen LogP contribution is 2.42. The molecule has 0 saturated carbocycles. The third kappa shape index (κ3) is 3.31. The van der Waals surface area contributed by atoms with Gasteiger partial charge in [-0.05, 0) is 58.9 Å². The molecule has 22 heavy (non-hydrogen) atoms. The first-order chi connectivity index (χ1) is 10.4. The van der Waals surface area contributed by atoms with E-state index in [1.807, 2.05) is 19.0 Å². The van der Waals surface area contributed by atoms with Crippen molar-refractivity contribution in [1.29, 1.82) is 0 Å². The zero-order valence-electron chi connectivity index (χ0n) is 12.8. The number of furan rings is 1. The average Bonchev–Trinajstić information content (AvgIpc) is 2.75. The van der Waals surface area contributed by atoms with Crippen molar-refractivity contribution in [3.05, 3.63) is 26.3 Å². The normalized spacial score (nSPS) is 11.2. The van der Waals surface area contributed by atoms with Gasteiger partial charge in [-0.3, -0.25) is 0 Å². The third-order valence-electron chi connectivity index (χ3n) is 3.18. The van der Waals surface area contributed by atoms with E-state index in [-0.39, 0.29) is 0 Å². The number of esters is 1. The molecule has 2 rings (SSSR count). The van der Waals surface area contributed by atoms with Gasteiger partial charge in [-0.2, -0.15) is 0 Å². The lowest BCUT2D eigenvalue weighted by molar-refractivity contribution is 0.0482. The Balaban J connectivity index is 2.45. The quantitative estimate of drug-likeness (QED) is 0.666. The molecule has 0 saturated heterocycles. The van der Waals surface area contributed by atoms with E-state index >= 15 is 0 Å². The topological polar surface area (TPSA) is 51.9 Å². The summed E-state index contributed by atoms with van der Waals surface area (Å²) in [5.74, 6) is 0.726. The highest BCUT2D eigenvalue weighted by Gasteiger charge is 2.24. The molecule has 2 aromatic rings. The summed E-state index contributed by atoms with van der Waals surface area (Å²) in [5.41, 5.74) is 1.02. The molecule has 0 aliphatic carbocycles. The summed E-state index contributed by atoms with van der Waals surface area (Å²) in [7, 11) is 5.41. The molecule has 120 valence electrons. The summed E-state index contributed by atoms with van der Waals surface area (Å²) in [6, 6.07) is 1.78. The smallest absolute Gasteiger partial charge is 0.342 e. The van der Waals surface area contributed by atoms with Gasteiger partial charge < -0.3 is 18.8 Å². The maximum Gasteiger partial charge on any atom is 0.342 e. The van der Waals surface area contributed by atoms with Crippen LogP contribution >= 0.6 is 31.9 Å². The standard InChI is InChI=1S/C15H17Br2NO4/c1-8-11(15(19)21-6-5-18(2)3)12-10(22-8)7-9(16)14(20-4)13(12)17/h7H,5-6H2,1-4H3. The molecule has 0 amide bonds. The van der Waals surface area contributed by atoms with Crippen molar-refractivity contribution in [3.8, 4) is 5.75 Å². The Hall–Kier alpha value is -1.05. The molecule has 1 heterocycles. The van der Waals surface area contributed by atoms with Crippen LogP contribution in [0.3, 0.4) is 0 Å². The SMILES string of the molecule is COc1c(Br)cc2oc(C)c(C(=O)OCCN(C)C)c2c1Br. The molecule has 1 aromatic heterocycles. The Kier molecular flexibility index (Phi) is 5.52. The van der Waals surface area contributed by atoms with E-state index in [4.69, 9.17) is 13.9 Å². The van der Waals surface area contributed by atoms with E-state index in [2.05, 4.69) is 31.9 Å². The molecule has 1 aromatic carbocycles. The number of rotatable bonds is 5. The summed E-state index contributed by atoms with van der Waals surface area (Å²) >= 11 is 6.91. The zero-order chi connectivity index (χ0) is 16.4. The number of ether oxygens (including phenoxy) is 2. The van der Waals surface area contributed by atoms with E-state index < -0.39 is 5.97 Å². The van der Waals surface area contributed by atoms with Crippen LogP contribution in [0.15, 0.2) is 19.4 Å². The number of carbonyl (C=O) groups is 1. The Morgan fingerprint density at radius 3 is 2.64 bits per heavy atom. The maximum absolute atomic E-state index is 12.4. The van der Waals surface area contributed by atoms with E-state index in [1.165, 1.54) is 0 Å². The molecule has 0 spiro atoms. The number of benzene rings is 1. The van der Waals surface area contributed by atoms with Crippen molar-refractivity contribution in [2.24, 2.45) is 0 Å². The van der Waals surface area contributed by atoms with Crippen LogP contribution in [0.1, 0.15) is 16.1 Å². The first-order valence-corrected chi connectivity index (χ1v) is 8.22. The highest BCUT2D eigenvalue weighted by atomic mass is 79.9. The average molecular weight is 435 g/mol. The van der Waals surface area contributed by atoms with Gasteiger partial charge in [0.1, 0.15) is 29.3 Å². The van der Waals surface area contributed by atoms with E-state index in [9.17, 15) is 4.79 Å². The van der Waals surface area contributed by atoms with Crippen LogP contribution in [0.4, 0.5) is 0 Å². The van der Waals surface area contributed by atoms with Crippen LogP contribution in [0.5, 0.6) is 5.75 Å². The number of halogens is 2. The Morgan fingerprint density at radius 1 is 1.36 bits per heavy atom. The molecular weight excluding hydrogens is 418 g/mol. The fourth-order valence-electron chi connectivity index (χ4n) is 2.11. The molecule has 0 unspecified atom stereocenters. The number of hydrogen-bond acceptors (Lipinski definition) is 5. The number of methoxy groups -OCH3 is 1. The first kappa shape index (κ1) is 17.3. The number of carbonyl (C=O) groups excluding carboxylic acids is 1. The lowest BCUT2D eigenvalue weighted by Gasteiger charge is -2.10. The molecule has 0 radical (unpaired) electrons. The summed E-state index contributed by atoms with van der Waals surface area (Å²) in [5, 5.41) is 0.660. The number of fused-ring (bicyclic) bond motifs is 1. The molecule has 0 atom stereocenters. The fourth-order valence-corrected chi connectivity index (χ4v) is 3.71. The number of nitrogens with zero attached hydrogens (tertiary/aromatic N) is 1. The van der Waals surface area contributed by atoms with Gasteiger partial charge in [-0.1, -0.05) is 0 Å². The van der Waals surface area contributed by atoms with Crippen LogP contribution in [-0.2, 0) is 4.74 Å². The van der Waals surface area contributed by atoms with Crippen LogP contribution in [0.2, 0.25) is 0 Å². The van der Waals surface area contributed by atoms with E-state index in [0.717, 1.165) is 4.47 Å². The maximum atomic E-state index is 12.4. The Labute approximate surface area is 145 Å². The summed E-state index contributed by atoms with van der Waals surface area (Å²) < 4.78 is 17.8. The third-order valence-corrected chi connectivity index (χ3v) is 4.53. The van der Waals surface area contributed by atoms with Gasteiger partial charge in [0.2, 0.25) is 0 Å². The van der Waals surface area contributed by atoms with Crippen LogP contribution in [0, 0.1) is 6.92 Å². The van der Waals surface area contributed by atoms with Crippen LogP contribution in [0.25, 0.3) is 11.0 Å². The van der Waals surface area contributed by atoms with Gasteiger partial charge in [0.05, 0.1) is 21.4 Å². The zero-order valence-corrected chi connectivity index (χ0v) is 16.0. The molecule has 5 nitrogen and oxygen atoms in total. The molecule has 0 aliphatic heterocycles. The summed E-state index contributed by atoms with van der Waals surface area (Å²) in [6.45, 7) is 2.73. The molecular formula is C15H17Br2NO4. The Bertz CT molecular complexity index is 709. The monoisotopic (exact) mass is 433 g/mol. The van der Waals surface area contributed by atoms with Crippen LogP contribution < -0.4 is 4.74 Å². The second kappa shape index (κ2) is 7.02. The lowest BCUT2D eigenvalue weighted by atomic mass is 10.1. The predicted molar refractivity (Wildman–Crippen MR) is 91.7 cm³/mol. The molecule has 0 aliphatic rings. The molecule has 0 bridgehead atoms. The molecule has 0 N–H and O–H groups in total. The number of hydrogen-bond donors (Lipinski definition) is 0. The minimum Gasteiger partial charge on any atom is -0.494 e. The van der Waals surface area contributed by atoms with Crippen molar-refractivity contribution in [3.63, 3.8) is 0 Å². The lowest BCUT2D eigenvalue weighted by Crippen LogP contribution is -2.20. The minimum atomic E-state index is -0.400. The second-order valence-corrected chi connectivity index (χ2v) is 6.70. The van der Waals surface area contributed by atoms with Gasteiger partial charge in [-0.15, -0.1) is 0 Å².